The van der Waals surface area contributed by atoms with Crippen molar-refractivity contribution in [2.75, 3.05) is 13.2 Å². The van der Waals surface area contributed by atoms with Gasteiger partial charge in [-0.15, -0.1) is 0 Å². The fourth-order valence-electron chi connectivity index (χ4n) is 2.23. The molecule has 6 heteroatoms. The lowest BCUT2D eigenvalue weighted by Crippen LogP contribution is -2.42. The van der Waals surface area contributed by atoms with E-state index in [1.54, 1.807) is 16.5 Å². The van der Waals surface area contributed by atoms with Gasteiger partial charge in [-0.3, -0.25) is 14.3 Å². The van der Waals surface area contributed by atoms with Crippen LogP contribution in [0.3, 0.4) is 0 Å². The molecule has 0 radical (unpaired) electrons. The third kappa shape index (κ3) is 4.31. The minimum absolute atomic E-state index is 0.0112. The van der Waals surface area contributed by atoms with Crippen molar-refractivity contribution in [3.8, 4) is 0 Å². The van der Waals surface area contributed by atoms with Crippen molar-refractivity contribution >= 4 is 11.9 Å². The SMILES string of the molecule is CCOC(=O)CN(C(=O)Cc1c(C)nn(C)c1C)C(C)C. The van der Waals surface area contributed by atoms with Crippen molar-refractivity contribution in [2.45, 2.75) is 47.1 Å². The first kappa shape index (κ1) is 17.2. The van der Waals surface area contributed by atoms with Gasteiger partial charge in [0.1, 0.15) is 6.54 Å². The number of aromatic nitrogens is 2. The zero-order valence-electron chi connectivity index (χ0n) is 13.8. The van der Waals surface area contributed by atoms with Gasteiger partial charge in [-0.1, -0.05) is 0 Å². The molecule has 0 aliphatic heterocycles. The number of carbonyl (C=O) groups is 2. The highest BCUT2D eigenvalue weighted by Gasteiger charge is 2.23. The molecule has 0 aliphatic carbocycles. The van der Waals surface area contributed by atoms with E-state index in [4.69, 9.17) is 4.74 Å². The summed E-state index contributed by atoms with van der Waals surface area (Å²) in [7, 11) is 1.86. The van der Waals surface area contributed by atoms with Gasteiger partial charge in [0.15, 0.2) is 0 Å². The van der Waals surface area contributed by atoms with E-state index in [0.717, 1.165) is 17.0 Å². The molecule has 0 fully saturated rings. The lowest BCUT2D eigenvalue weighted by Gasteiger charge is -2.25. The highest BCUT2D eigenvalue weighted by atomic mass is 16.5. The Labute approximate surface area is 126 Å². The first-order valence-electron chi connectivity index (χ1n) is 7.22. The number of rotatable bonds is 6. The van der Waals surface area contributed by atoms with Crippen molar-refractivity contribution < 1.29 is 14.3 Å². The fraction of sp³-hybridized carbons (Fsp3) is 0.667. The van der Waals surface area contributed by atoms with Crippen LogP contribution in [0.25, 0.3) is 0 Å². The highest BCUT2D eigenvalue weighted by Crippen LogP contribution is 2.14. The van der Waals surface area contributed by atoms with Crippen LogP contribution in [0.15, 0.2) is 0 Å². The van der Waals surface area contributed by atoms with Gasteiger partial charge in [-0.05, 0) is 34.6 Å². The second-order valence-corrected chi connectivity index (χ2v) is 5.37. The Morgan fingerprint density at radius 1 is 1.33 bits per heavy atom. The van der Waals surface area contributed by atoms with E-state index >= 15 is 0 Å². The maximum Gasteiger partial charge on any atom is 0.325 e. The number of ether oxygens (including phenoxy) is 1. The largest absolute Gasteiger partial charge is 0.465 e. The van der Waals surface area contributed by atoms with Crippen LogP contribution >= 0.6 is 0 Å². The van der Waals surface area contributed by atoms with E-state index in [1.165, 1.54) is 0 Å². The normalized spacial score (nSPS) is 10.8. The van der Waals surface area contributed by atoms with Gasteiger partial charge < -0.3 is 9.64 Å². The summed E-state index contributed by atoms with van der Waals surface area (Å²) >= 11 is 0. The Morgan fingerprint density at radius 3 is 2.38 bits per heavy atom. The smallest absolute Gasteiger partial charge is 0.325 e. The maximum atomic E-state index is 12.5. The van der Waals surface area contributed by atoms with Crippen LogP contribution in [-0.2, 0) is 27.8 Å². The molecule has 1 aromatic heterocycles. The van der Waals surface area contributed by atoms with E-state index < -0.39 is 0 Å². The standard InChI is InChI=1S/C15H25N3O3/c1-7-21-15(20)9-18(10(2)3)14(19)8-13-11(4)16-17(6)12(13)5/h10H,7-9H2,1-6H3. The van der Waals surface area contributed by atoms with E-state index in [9.17, 15) is 9.59 Å². The molecule has 1 aromatic rings. The number of hydrogen-bond donors (Lipinski definition) is 0. The number of nitrogens with zero attached hydrogens (tertiary/aromatic N) is 3. The lowest BCUT2D eigenvalue weighted by atomic mass is 10.1. The topological polar surface area (TPSA) is 64.4 Å². The number of esters is 1. The third-order valence-corrected chi connectivity index (χ3v) is 3.54. The zero-order valence-corrected chi connectivity index (χ0v) is 13.8. The number of aryl methyl sites for hydroxylation is 2. The Morgan fingerprint density at radius 2 is 1.95 bits per heavy atom. The molecule has 1 rings (SSSR count). The number of amides is 1. The van der Waals surface area contributed by atoms with Crippen LogP contribution in [0.5, 0.6) is 0 Å². The van der Waals surface area contributed by atoms with Crippen molar-refractivity contribution in [1.82, 2.24) is 14.7 Å². The molecular weight excluding hydrogens is 270 g/mol. The molecule has 1 heterocycles. The van der Waals surface area contributed by atoms with Crippen molar-refractivity contribution in [2.24, 2.45) is 7.05 Å². The molecule has 0 aromatic carbocycles. The minimum atomic E-state index is -0.376. The molecule has 0 spiro atoms. The van der Waals surface area contributed by atoms with Gasteiger partial charge in [0.05, 0.1) is 18.7 Å². The molecule has 1 amide bonds. The molecule has 118 valence electrons. The molecule has 0 aliphatic rings. The first-order valence-corrected chi connectivity index (χ1v) is 7.22. The average molecular weight is 295 g/mol. The average Bonchev–Trinajstić information content (AvgIpc) is 2.62. The predicted octanol–water partition coefficient (Wildman–Crippen LogP) is 1.38. The molecule has 21 heavy (non-hydrogen) atoms. The minimum Gasteiger partial charge on any atom is -0.465 e. The first-order chi connectivity index (χ1) is 9.77. The second-order valence-electron chi connectivity index (χ2n) is 5.37. The second kappa shape index (κ2) is 7.24. The van der Waals surface area contributed by atoms with Gasteiger partial charge in [0.25, 0.3) is 0 Å². The summed E-state index contributed by atoms with van der Waals surface area (Å²) in [5.41, 5.74) is 2.75. The van der Waals surface area contributed by atoms with Crippen LogP contribution in [-0.4, -0.2) is 45.8 Å². The monoisotopic (exact) mass is 295 g/mol. The Hall–Kier alpha value is -1.85. The van der Waals surface area contributed by atoms with E-state index in [0.29, 0.717) is 6.61 Å². The summed E-state index contributed by atoms with van der Waals surface area (Å²) in [6.45, 7) is 9.67. The fourth-order valence-corrected chi connectivity index (χ4v) is 2.23. The van der Waals surface area contributed by atoms with Gasteiger partial charge in [0.2, 0.25) is 5.91 Å². The lowest BCUT2D eigenvalue weighted by molar-refractivity contribution is -0.149. The summed E-state index contributed by atoms with van der Waals surface area (Å²) in [4.78, 5) is 25.7. The van der Waals surface area contributed by atoms with Gasteiger partial charge in [-0.25, -0.2) is 0 Å². The quantitative estimate of drug-likeness (QED) is 0.744. The summed E-state index contributed by atoms with van der Waals surface area (Å²) in [6.07, 6.45) is 0.253. The molecule has 0 N–H and O–H groups in total. The van der Waals surface area contributed by atoms with Gasteiger partial charge >= 0.3 is 5.97 Å². The number of hydrogen-bond acceptors (Lipinski definition) is 4. The molecule has 6 nitrogen and oxygen atoms in total. The van der Waals surface area contributed by atoms with Crippen LogP contribution in [0.4, 0.5) is 0 Å². The highest BCUT2D eigenvalue weighted by molar-refractivity contribution is 5.84. The Balaban J connectivity index is 2.84. The van der Waals surface area contributed by atoms with E-state index in [-0.39, 0.29) is 30.9 Å². The zero-order chi connectivity index (χ0) is 16.2. The third-order valence-electron chi connectivity index (χ3n) is 3.54. The molecular formula is C15H25N3O3. The van der Waals surface area contributed by atoms with E-state index in [1.807, 2.05) is 34.7 Å². The van der Waals surface area contributed by atoms with E-state index in [2.05, 4.69) is 5.10 Å². The van der Waals surface area contributed by atoms with Gasteiger partial charge in [0, 0.05) is 24.3 Å². The summed E-state index contributed by atoms with van der Waals surface area (Å²) < 4.78 is 6.69. The predicted molar refractivity (Wildman–Crippen MR) is 79.9 cm³/mol. The van der Waals surface area contributed by atoms with Crippen LogP contribution < -0.4 is 0 Å². The summed E-state index contributed by atoms with van der Waals surface area (Å²) in [5, 5.41) is 4.31. The number of carbonyl (C=O) groups excluding carboxylic acids is 2. The van der Waals surface area contributed by atoms with Crippen LogP contribution in [0.2, 0.25) is 0 Å². The summed E-state index contributed by atoms with van der Waals surface area (Å²) in [5.74, 6) is -0.462. The molecule has 0 saturated heterocycles. The Bertz CT molecular complexity index is 520. The van der Waals surface area contributed by atoms with Crippen LogP contribution in [0, 0.1) is 13.8 Å². The van der Waals surface area contributed by atoms with Gasteiger partial charge in [-0.2, -0.15) is 5.10 Å². The molecule has 0 bridgehead atoms. The summed E-state index contributed by atoms with van der Waals surface area (Å²) in [6, 6.07) is -0.0563. The molecule has 0 unspecified atom stereocenters. The maximum absolute atomic E-state index is 12.5. The van der Waals surface area contributed by atoms with Crippen molar-refractivity contribution in [1.29, 1.82) is 0 Å². The van der Waals surface area contributed by atoms with Crippen molar-refractivity contribution in [3.63, 3.8) is 0 Å². The van der Waals surface area contributed by atoms with Crippen LogP contribution in [0.1, 0.15) is 37.7 Å². The Kier molecular flexibility index (Phi) is 5.93. The molecule has 0 saturated carbocycles. The van der Waals surface area contributed by atoms with Crippen molar-refractivity contribution in [3.05, 3.63) is 17.0 Å². The molecule has 0 atom stereocenters.